The summed E-state index contributed by atoms with van der Waals surface area (Å²) in [5.74, 6) is 0.664. The maximum absolute atomic E-state index is 13.6. The van der Waals surface area contributed by atoms with Gasteiger partial charge in [-0.2, -0.15) is 0 Å². The van der Waals surface area contributed by atoms with Gasteiger partial charge in [-0.15, -0.1) is 0 Å². The Morgan fingerprint density at radius 3 is 2.26 bits per heavy atom. The number of aryl methyl sites for hydroxylation is 2. The van der Waals surface area contributed by atoms with E-state index in [1.807, 2.05) is 6.92 Å². The summed E-state index contributed by atoms with van der Waals surface area (Å²) in [4.78, 5) is 28.5. The van der Waals surface area contributed by atoms with Crippen LogP contribution in [0.5, 0.6) is 28.7 Å². The molecule has 9 nitrogen and oxygen atoms in total. The van der Waals surface area contributed by atoms with E-state index in [0.717, 1.165) is 5.56 Å². The number of anilines is 1. The third kappa shape index (κ3) is 3.96. The van der Waals surface area contributed by atoms with Gasteiger partial charge in [0, 0.05) is 17.3 Å². The number of hydrogen-bond donors (Lipinski definition) is 1. The van der Waals surface area contributed by atoms with Crippen molar-refractivity contribution in [2.45, 2.75) is 19.9 Å². The lowest BCUT2D eigenvalue weighted by molar-refractivity contribution is -0.132. The molecule has 2 aliphatic rings. The average Bonchev–Trinajstić information content (AvgIpc) is 3.50. The van der Waals surface area contributed by atoms with E-state index in [1.165, 1.54) is 19.1 Å². The van der Waals surface area contributed by atoms with Crippen molar-refractivity contribution >= 4 is 23.1 Å². The van der Waals surface area contributed by atoms with E-state index in [9.17, 15) is 14.7 Å². The van der Waals surface area contributed by atoms with Crippen LogP contribution in [0.15, 0.2) is 54.1 Å². The third-order valence-electron chi connectivity index (χ3n) is 6.80. The van der Waals surface area contributed by atoms with Crippen LogP contribution in [0.4, 0.5) is 5.69 Å². The Kier molecular flexibility index (Phi) is 6.36. The number of nitrogens with zero attached hydrogens (tertiary/aromatic N) is 1. The zero-order valence-corrected chi connectivity index (χ0v) is 21.7. The number of rotatable bonds is 6. The van der Waals surface area contributed by atoms with Crippen LogP contribution in [0.25, 0.3) is 5.76 Å². The maximum Gasteiger partial charge on any atom is 0.300 e. The van der Waals surface area contributed by atoms with Crippen molar-refractivity contribution in [3.8, 4) is 28.7 Å². The number of fused-ring (bicyclic) bond motifs is 1. The van der Waals surface area contributed by atoms with Gasteiger partial charge in [0.15, 0.2) is 23.0 Å². The second-order valence-corrected chi connectivity index (χ2v) is 8.96. The Hall–Kier alpha value is -4.66. The van der Waals surface area contributed by atoms with E-state index < -0.39 is 17.7 Å². The number of hydrogen-bond acceptors (Lipinski definition) is 8. The summed E-state index contributed by atoms with van der Waals surface area (Å²) in [5, 5.41) is 11.6. The Morgan fingerprint density at radius 2 is 1.55 bits per heavy atom. The largest absolute Gasteiger partial charge is 0.507 e. The molecule has 0 spiro atoms. The quantitative estimate of drug-likeness (QED) is 0.286. The van der Waals surface area contributed by atoms with E-state index in [-0.39, 0.29) is 18.1 Å². The lowest BCUT2D eigenvalue weighted by Crippen LogP contribution is -2.29. The zero-order valence-electron chi connectivity index (χ0n) is 21.7. The van der Waals surface area contributed by atoms with Crippen molar-refractivity contribution in [2.75, 3.05) is 33.0 Å². The molecule has 3 aromatic rings. The first-order chi connectivity index (χ1) is 18.3. The number of aliphatic hydroxyl groups excluding tert-OH is 1. The predicted octanol–water partition coefficient (Wildman–Crippen LogP) is 4.68. The number of amides is 1. The SMILES string of the molecule is COc1cc(C)c(/C(O)=C2\C(=O)C(=O)N(c3ccc4c(c3)OCO4)C2c2ccc(OC)c(OC)c2)cc1C. The van der Waals surface area contributed by atoms with E-state index in [0.29, 0.717) is 51.1 Å². The lowest BCUT2D eigenvalue weighted by Gasteiger charge is -2.26. The van der Waals surface area contributed by atoms with Crippen molar-refractivity contribution in [3.63, 3.8) is 0 Å². The Bertz CT molecular complexity index is 1490. The Morgan fingerprint density at radius 1 is 0.842 bits per heavy atom. The van der Waals surface area contributed by atoms with Crippen molar-refractivity contribution in [1.29, 1.82) is 0 Å². The minimum atomic E-state index is -0.961. The fourth-order valence-electron chi connectivity index (χ4n) is 4.88. The fraction of sp³-hybridized carbons (Fsp3) is 0.241. The zero-order chi connectivity index (χ0) is 27.1. The topological polar surface area (TPSA) is 104 Å². The van der Waals surface area contributed by atoms with Gasteiger partial charge in [0.2, 0.25) is 6.79 Å². The van der Waals surface area contributed by atoms with Crippen LogP contribution in [0.1, 0.15) is 28.3 Å². The smallest absolute Gasteiger partial charge is 0.300 e. The van der Waals surface area contributed by atoms with E-state index in [1.54, 1.807) is 62.6 Å². The molecule has 1 unspecified atom stereocenters. The number of carbonyl (C=O) groups excluding carboxylic acids is 2. The van der Waals surface area contributed by atoms with Crippen LogP contribution >= 0.6 is 0 Å². The molecule has 0 aliphatic carbocycles. The molecule has 196 valence electrons. The van der Waals surface area contributed by atoms with Gasteiger partial charge in [0.25, 0.3) is 11.7 Å². The lowest BCUT2D eigenvalue weighted by atomic mass is 9.92. The van der Waals surface area contributed by atoms with E-state index in [4.69, 9.17) is 23.7 Å². The molecule has 0 radical (unpaired) electrons. The normalized spacial score (nSPS) is 17.6. The van der Waals surface area contributed by atoms with Crippen LogP contribution in [0.3, 0.4) is 0 Å². The van der Waals surface area contributed by atoms with Crippen molar-refractivity contribution in [3.05, 3.63) is 76.4 Å². The Labute approximate surface area is 219 Å². The summed E-state index contributed by atoms with van der Waals surface area (Å²) in [7, 11) is 4.58. The molecule has 1 amide bonds. The molecular weight excluding hydrogens is 490 g/mol. The van der Waals surface area contributed by atoms with Gasteiger partial charge in [-0.25, -0.2) is 0 Å². The molecule has 1 saturated heterocycles. The van der Waals surface area contributed by atoms with Gasteiger partial charge in [-0.05, 0) is 66.9 Å². The molecule has 1 atom stereocenters. The summed E-state index contributed by atoms with van der Waals surface area (Å²) in [6.07, 6.45) is 0. The van der Waals surface area contributed by atoms with Crippen molar-refractivity contribution < 1.29 is 38.4 Å². The molecule has 3 aromatic carbocycles. The van der Waals surface area contributed by atoms with Crippen LogP contribution in [-0.2, 0) is 9.59 Å². The molecule has 1 fully saturated rings. The molecule has 1 N–H and O–H groups in total. The Balaban J connectivity index is 1.75. The third-order valence-corrected chi connectivity index (χ3v) is 6.80. The summed E-state index contributed by atoms with van der Waals surface area (Å²) in [6.45, 7) is 3.70. The van der Waals surface area contributed by atoms with E-state index in [2.05, 4.69) is 0 Å². The molecule has 0 aromatic heterocycles. The standard InChI is InChI=1S/C29H27NO8/c1-15-11-22(35-4)16(2)10-19(15)27(31)25-26(17-6-8-20(34-3)23(12-17)36-5)30(29(33)28(25)32)18-7-9-21-24(13-18)38-14-37-21/h6-13,26,31H,14H2,1-5H3/b27-25+. The highest BCUT2D eigenvalue weighted by atomic mass is 16.7. The molecule has 2 heterocycles. The average molecular weight is 518 g/mol. The maximum atomic E-state index is 13.6. The molecule has 9 heteroatoms. The minimum absolute atomic E-state index is 0.0486. The van der Waals surface area contributed by atoms with Crippen LogP contribution < -0.4 is 28.6 Å². The van der Waals surface area contributed by atoms with Crippen molar-refractivity contribution in [2.24, 2.45) is 0 Å². The number of Topliss-reactive ketones (excluding diaryl/α,β-unsaturated/α-hetero) is 1. The number of ether oxygens (including phenoxy) is 5. The van der Waals surface area contributed by atoms with Gasteiger partial charge >= 0.3 is 0 Å². The molecule has 0 saturated carbocycles. The van der Waals surface area contributed by atoms with Gasteiger partial charge < -0.3 is 28.8 Å². The molecule has 0 bridgehead atoms. The highest BCUT2D eigenvalue weighted by Crippen LogP contribution is 2.46. The summed E-state index contributed by atoms with van der Waals surface area (Å²) >= 11 is 0. The summed E-state index contributed by atoms with van der Waals surface area (Å²) in [6, 6.07) is 12.7. The number of benzene rings is 3. The molecule has 2 aliphatic heterocycles. The predicted molar refractivity (Wildman–Crippen MR) is 139 cm³/mol. The second kappa shape index (κ2) is 9.66. The monoisotopic (exact) mass is 517 g/mol. The molecule has 5 rings (SSSR count). The summed E-state index contributed by atoms with van der Waals surface area (Å²) in [5.41, 5.74) is 2.80. The highest BCUT2D eigenvalue weighted by Gasteiger charge is 2.47. The van der Waals surface area contributed by atoms with Gasteiger partial charge in [0.1, 0.15) is 11.5 Å². The number of methoxy groups -OCH3 is 3. The first kappa shape index (κ1) is 25.0. The molecular formula is C29H27NO8. The minimum Gasteiger partial charge on any atom is -0.507 e. The summed E-state index contributed by atoms with van der Waals surface area (Å²) < 4.78 is 27.2. The number of carbonyl (C=O) groups is 2. The van der Waals surface area contributed by atoms with Crippen LogP contribution in [-0.4, -0.2) is 44.9 Å². The van der Waals surface area contributed by atoms with E-state index >= 15 is 0 Å². The highest BCUT2D eigenvalue weighted by molar-refractivity contribution is 6.51. The first-order valence-electron chi connectivity index (χ1n) is 11.9. The van der Waals surface area contributed by atoms with Crippen LogP contribution in [0.2, 0.25) is 0 Å². The number of ketones is 1. The van der Waals surface area contributed by atoms with Gasteiger partial charge in [-0.3, -0.25) is 14.5 Å². The second-order valence-electron chi connectivity index (χ2n) is 8.96. The van der Waals surface area contributed by atoms with Gasteiger partial charge in [0.05, 0.1) is 32.9 Å². The fourth-order valence-corrected chi connectivity index (χ4v) is 4.88. The number of aliphatic hydroxyl groups is 1. The van der Waals surface area contributed by atoms with Crippen LogP contribution in [0, 0.1) is 13.8 Å². The van der Waals surface area contributed by atoms with Gasteiger partial charge in [-0.1, -0.05) is 6.07 Å². The first-order valence-corrected chi connectivity index (χ1v) is 11.9. The van der Waals surface area contributed by atoms with Crippen molar-refractivity contribution in [1.82, 2.24) is 0 Å². The molecule has 38 heavy (non-hydrogen) atoms.